The summed E-state index contributed by atoms with van der Waals surface area (Å²) in [6, 6.07) is 10.2. The monoisotopic (exact) mass is 476 g/mol. The van der Waals surface area contributed by atoms with Crippen LogP contribution in [0.15, 0.2) is 36.4 Å². The van der Waals surface area contributed by atoms with E-state index in [9.17, 15) is 4.79 Å². The topological polar surface area (TPSA) is 59.6 Å². The normalized spacial score (nSPS) is 10.0. The molecule has 2 rings (SSSR count). The van der Waals surface area contributed by atoms with Crippen molar-refractivity contribution < 1.29 is 14.3 Å². The summed E-state index contributed by atoms with van der Waals surface area (Å²) in [6.45, 7) is 0. The summed E-state index contributed by atoms with van der Waals surface area (Å²) in [4.78, 5) is 12.2. The van der Waals surface area contributed by atoms with Crippen LogP contribution in [0.3, 0.4) is 0 Å². The van der Waals surface area contributed by atoms with Gasteiger partial charge < -0.3 is 14.8 Å². The van der Waals surface area contributed by atoms with Gasteiger partial charge in [0, 0.05) is 11.3 Å². The molecule has 126 valence electrons. The third-order valence-corrected chi connectivity index (χ3v) is 4.39. The van der Waals surface area contributed by atoms with Crippen LogP contribution in [-0.4, -0.2) is 25.2 Å². The van der Waals surface area contributed by atoms with Gasteiger partial charge in [-0.05, 0) is 71.2 Å². The van der Waals surface area contributed by atoms with Crippen molar-refractivity contribution in [2.24, 2.45) is 0 Å². The number of anilines is 1. The first-order valence-corrected chi connectivity index (χ1v) is 8.60. The molecule has 5 nitrogen and oxygen atoms in total. The fourth-order valence-corrected chi connectivity index (χ4v) is 3.09. The van der Waals surface area contributed by atoms with Crippen LogP contribution < -0.4 is 20.1 Å². The molecule has 0 aliphatic rings. The van der Waals surface area contributed by atoms with E-state index in [-0.39, 0.29) is 11.0 Å². The first kappa shape index (κ1) is 18.8. The highest BCUT2D eigenvalue weighted by molar-refractivity contribution is 14.1. The number of methoxy groups -OCH3 is 2. The summed E-state index contributed by atoms with van der Waals surface area (Å²) >= 11 is 13.3. The van der Waals surface area contributed by atoms with Crippen molar-refractivity contribution in [1.82, 2.24) is 5.32 Å². The van der Waals surface area contributed by atoms with Crippen LogP contribution in [0.25, 0.3) is 0 Å². The lowest BCUT2D eigenvalue weighted by Crippen LogP contribution is -2.34. The van der Waals surface area contributed by atoms with Crippen molar-refractivity contribution in [3.8, 4) is 11.5 Å². The van der Waals surface area contributed by atoms with Gasteiger partial charge in [-0.15, -0.1) is 0 Å². The molecular weight excluding hydrogens is 463 g/mol. The molecule has 2 aromatic carbocycles. The minimum atomic E-state index is -0.312. The van der Waals surface area contributed by atoms with Crippen LogP contribution in [0, 0.1) is 3.57 Å². The SMILES string of the molecule is COc1ccc(NC(=S)NC(=O)c2ccc(OC)c(I)c2)cc1Cl. The highest BCUT2D eigenvalue weighted by Crippen LogP contribution is 2.27. The van der Waals surface area contributed by atoms with E-state index in [0.29, 0.717) is 27.8 Å². The maximum Gasteiger partial charge on any atom is 0.257 e. The Balaban J connectivity index is 2.02. The zero-order valence-corrected chi connectivity index (χ0v) is 16.6. The lowest BCUT2D eigenvalue weighted by atomic mass is 10.2. The third kappa shape index (κ3) is 4.71. The third-order valence-electron chi connectivity index (χ3n) is 3.05. The van der Waals surface area contributed by atoms with Crippen LogP contribution in [0.1, 0.15) is 10.4 Å². The van der Waals surface area contributed by atoms with Gasteiger partial charge in [0.1, 0.15) is 11.5 Å². The number of halogens is 2. The Hall–Kier alpha value is -1.58. The van der Waals surface area contributed by atoms with Gasteiger partial charge in [-0.1, -0.05) is 11.6 Å². The second-order valence-electron chi connectivity index (χ2n) is 4.61. The largest absolute Gasteiger partial charge is 0.496 e. The average molecular weight is 477 g/mol. The Labute approximate surface area is 163 Å². The lowest BCUT2D eigenvalue weighted by molar-refractivity contribution is 0.0977. The zero-order valence-electron chi connectivity index (χ0n) is 12.9. The molecule has 0 aliphatic heterocycles. The number of thiocarbonyl (C=S) groups is 1. The highest BCUT2D eigenvalue weighted by atomic mass is 127. The van der Waals surface area contributed by atoms with Gasteiger partial charge >= 0.3 is 0 Å². The van der Waals surface area contributed by atoms with E-state index in [1.807, 2.05) is 0 Å². The Kier molecular flexibility index (Phi) is 6.64. The minimum absolute atomic E-state index is 0.173. The molecule has 1 amide bonds. The van der Waals surface area contributed by atoms with Gasteiger partial charge in [-0.2, -0.15) is 0 Å². The van der Waals surface area contributed by atoms with Crippen LogP contribution in [0.5, 0.6) is 11.5 Å². The summed E-state index contributed by atoms with van der Waals surface area (Å²) in [5.74, 6) is 0.957. The van der Waals surface area contributed by atoms with Crippen molar-refractivity contribution in [3.05, 3.63) is 50.6 Å². The van der Waals surface area contributed by atoms with Crippen LogP contribution >= 0.6 is 46.4 Å². The fourth-order valence-electron chi connectivity index (χ4n) is 1.89. The predicted molar refractivity (Wildman–Crippen MR) is 107 cm³/mol. The highest BCUT2D eigenvalue weighted by Gasteiger charge is 2.11. The molecule has 0 fully saturated rings. The molecule has 0 aromatic heterocycles. The molecule has 0 bridgehead atoms. The lowest BCUT2D eigenvalue weighted by Gasteiger charge is -2.11. The fraction of sp³-hybridized carbons (Fsp3) is 0.125. The molecule has 2 N–H and O–H groups in total. The summed E-state index contributed by atoms with van der Waals surface area (Å²) in [7, 11) is 3.12. The first-order valence-electron chi connectivity index (χ1n) is 6.74. The van der Waals surface area contributed by atoms with Crippen molar-refractivity contribution >= 4 is 63.1 Å². The van der Waals surface area contributed by atoms with E-state index >= 15 is 0 Å². The van der Waals surface area contributed by atoms with E-state index < -0.39 is 0 Å². The van der Waals surface area contributed by atoms with Gasteiger partial charge in [0.05, 0.1) is 22.8 Å². The van der Waals surface area contributed by atoms with E-state index in [1.54, 1.807) is 43.5 Å². The number of benzene rings is 2. The molecular formula is C16H14ClIN2O3S. The van der Waals surface area contributed by atoms with Gasteiger partial charge in [0.2, 0.25) is 0 Å². The number of hydrogen-bond acceptors (Lipinski definition) is 4. The number of amides is 1. The van der Waals surface area contributed by atoms with Gasteiger partial charge in [-0.25, -0.2) is 0 Å². The van der Waals surface area contributed by atoms with Crippen molar-refractivity contribution in [2.45, 2.75) is 0 Å². The summed E-state index contributed by atoms with van der Waals surface area (Å²) in [5, 5.41) is 6.14. The van der Waals surface area contributed by atoms with Crippen molar-refractivity contribution in [1.29, 1.82) is 0 Å². The predicted octanol–water partition coefficient (Wildman–Crippen LogP) is 4.09. The minimum Gasteiger partial charge on any atom is -0.496 e. The number of nitrogens with one attached hydrogen (secondary N) is 2. The standard InChI is InChI=1S/C16H14ClIN2O3S/c1-22-13-6-4-10(8-11(13)17)19-16(24)20-15(21)9-3-5-14(23-2)12(18)7-9/h3-8H,1-2H3,(H2,19,20,21,24). The van der Waals surface area contributed by atoms with E-state index in [1.165, 1.54) is 7.11 Å². The first-order chi connectivity index (χ1) is 11.4. The smallest absolute Gasteiger partial charge is 0.257 e. The maximum absolute atomic E-state index is 12.2. The average Bonchev–Trinajstić information content (AvgIpc) is 2.54. The second-order valence-corrected chi connectivity index (χ2v) is 6.58. The molecule has 0 radical (unpaired) electrons. The molecule has 0 atom stereocenters. The summed E-state index contributed by atoms with van der Waals surface area (Å²) in [6.07, 6.45) is 0. The zero-order chi connectivity index (χ0) is 17.7. The molecule has 0 heterocycles. The van der Waals surface area contributed by atoms with Crippen molar-refractivity contribution in [3.63, 3.8) is 0 Å². The molecule has 0 aliphatic carbocycles. The molecule has 0 spiro atoms. The number of ether oxygens (including phenoxy) is 2. The van der Waals surface area contributed by atoms with E-state index in [4.69, 9.17) is 33.3 Å². The number of hydrogen-bond donors (Lipinski definition) is 2. The van der Waals surface area contributed by atoms with E-state index in [2.05, 4.69) is 33.2 Å². The number of carbonyl (C=O) groups is 1. The Bertz CT molecular complexity index is 786. The molecule has 8 heteroatoms. The van der Waals surface area contributed by atoms with E-state index in [0.717, 1.165) is 3.57 Å². The van der Waals surface area contributed by atoms with Crippen molar-refractivity contribution in [2.75, 3.05) is 19.5 Å². The Morgan fingerprint density at radius 1 is 1.12 bits per heavy atom. The second kappa shape index (κ2) is 8.50. The quantitative estimate of drug-likeness (QED) is 0.514. The summed E-state index contributed by atoms with van der Waals surface area (Å²) in [5.41, 5.74) is 1.13. The Morgan fingerprint density at radius 3 is 2.38 bits per heavy atom. The van der Waals surface area contributed by atoms with Crippen LogP contribution in [0.2, 0.25) is 5.02 Å². The van der Waals surface area contributed by atoms with Crippen LogP contribution in [0.4, 0.5) is 5.69 Å². The van der Waals surface area contributed by atoms with Gasteiger partial charge in [0.25, 0.3) is 5.91 Å². The number of rotatable bonds is 4. The number of carbonyl (C=O) groups excluding carboxylic acids is 1. The molecule has 0 saturated heterocycles. The molecule has 2 aromatic rings. The maximum atomic E-state index is 12.2. The van der Waals surface area contributed by atoms with Gasteiger partial charge in [-0.3, -0.25) is 10.1 Å². The molecule has 0 saturated carbocycles. The van der Waals surface area contributed by atoms with Crippen LogP contribution in [-0.2, 0) is 0 Å². The Morgan fingerprint density at radius 2 is 1.79 bits per heavy atom. The molecule has 0 unspecified atom stereocenters. The molecule has 24 heavy (non-hydrogen) atoms. The summed E-state index contributed by atoms with van der Waals surface area (Å²) < 4.78 is 11.1. The van der Waals surface area contributed by atoms with Gasteiger partial charge in [0.15, 0.2) is 5.11 Å².